The lowest BCUT2D eigenvalue weighted by atomic mass is 9.53. The second-order valence-electron chi connectivity index (χ2n) is 12.3. The molecule has 1 N–H and O–H groups in total. The quantitative estimate of drug-likeness (QED) is 0.350. The first-order chi connectivity index (χ1) is 17.9. The molecule has 2 nitrogen and oxygen atoms in total. The highest BCUT2D eigenvalue weighted by Crippen LogP contribution is 2.62. The molecule has 0 amide bonds. The summed E-state index contributed by atoms with van der Waals surface area (Å²) >= 11 is 0. The maximum absolute atomic E-state index is 10.6. The first-order valence-electron chi connectivity index (χ1n) is 14.8. The Morgan fingerprint density at radius 3 is 2.65 bits per heavy atom. The van der Waals surface area contributed by atoms with Crippen molar-refractivity contribution in [2.45, 2.75) is 97.2 Å². The van der Waals surface area contributed by atoms with E-state index in [1.54, 1.807) is 11.1 Å². The Morgan fingerprint density at radius 1 is 1.11 bits per heavy atom. The molecule has 0 aliphatic heterocycles. The minimum absolute atomic E-state index is 0.330. The van der Waals surface area contributed by atoms with Gasteiger partial charge >= 0.3 is 0 Å². The Kier molecular flexibility index (Phi) is 7.68. The van der Waals surface area contributed by atoms with Gasteiger partial charge in [-0.05, 0) is 109 Å². The number of ether oxygens (including phenoxy) is 1. The van der Waals surface area contributed by atoms with E-state index < -0.39 is 5.60 Å². The average molecular weight is 499 g/mol. The molecular weight excluding hydrogens is 452 g/mol. The Morgan fingerprint density at radius 2 is 1.89 bits per heavy atom. The van der Waals surface area contributed by atoms with Gasteiger partial charge in [-0.1, -0.05) is 87.9 Å². The van der Waals surface area contributed by atoms with Crippen molar-refractivity contribution in [1.82, 2.24) is 0 Å². The van der Waals surface area contributed by atoms with Crippen LogP contribution < -0.4 is 4.74 Å². The van der Waals surface area contributed by atoms with Gasteiger partial charge in [0.2, 0.25) is 0 Å². The lowest BCUT2D eigenvalue weighted by Crippen LogP contribution is -2.42. The maximum atomic E-state index is 10.6. The van der Waals surface area contributed by atoms with Crippen molar-refractivity contribution < 1.29 is 9.84 Å². The van der Waals surface area contributed by atoms with Gasteiger partial charge in [-0.15, -0.1) is 0 Å². The van der Waals surface area contributed by atoms with Crippen molar-refractivity contribution >= 4 is 0 Å². The van der Waals surface area contributed by atoms with Crippen LogP contribution >= 0.6 is 0 Å². The van der Waals surface area contributed by atoms with Crippen LogP contribution in [0.25, 0.3) is 0 Å². The van der Waals surface area contributed by atoms with Gasteiger partial charge in [0.05, 0.1) is 5.60 Å². The summed E-state index contributed by atoms with van der Waals surface area (Å²) in [6, 6.07) is 17.4. The number of aryl methyl sites for hydroxylation is 1. The molecule has 0 saturated heterocycles. The highest BCUT2D eigenvalue weighted by atomic mass is 16.5. The first kappa shape index (κ1) is 26.3. The normalized spacial score (nSPS) is 27.8. The molecule has 2 aromatic carbocycles. The van der Waals surface area contributed by atoms with Gasteiger partial charge in [-0.2, -0.15) is 0 Å². The summed E-state index contributed by atoms with van der Waals surface area (Å²) in [5.41, 5.74) is 5.69. The molecule has 0 radical (unpaired) electrons. The summed E-state index contributed by atoms with van der Waals surface area (Å²) < 4.78 is 6.16. The van der Waals surface area contributed by atoms with Crippen LogP contribution in [0, 0.1) is 23.2 Å². The number of allylic oxidation sites excluding steroid dienone is 3. The minimum Gasteiger partial charge on any atom is -0.489 e. The zero-order valence-electron chi connectivity index (χ0n) is 23.4. The van der Waals surface area contributed by atoms with Gasteiger partial charge in [0.1, 0.15) is 12.4 Å². The second kappa shape index (κ2) is 10.8. The van der Waals surface area contributed by atoms with Crippen LogP contribution in [0.2, 0.25) is 0 Å². The molecule has 37 heavy (non-hydrogen) atoms. The minimum atomic E-state index is -0.643. The second-order valence-corrected chi connectivity index (χ2v) is 12.3. The van der Waals surface area contributed by atoms with Gasteiger partial charge in [0.25, 0.3) is 0 Å². The molecule has 0 heterocycles. The molecule has 2 heteroatoms. The molecular formula is C35H46O2. The standard InChI is InChI=1S/C35H46O2/c1-5-35(36,6-2)21-10-11-25(3)32-18-19-33-31-16-14-27-23-28(37-24-26-12-8-7-9-13-26)15-17-29(27)30(31)20-22-34(32,33)4/h7-10,12-13,15,17-18,21,23,25,30-31,33,36H,5-6,11,14,16,19-20,22,24H2,1-4H3/b21-10+/t25-,30+,31+,33-,34+/m0/s1. The predicted octanol–water partition coefficient (Wildman–Crippen LogP) is 8.79. The number of fused-ring (bicyclic) bond motifs is 5. The molecule has 198 valence electrons. The summed E-state index contributed by atoms with van der Waals surface area (Å²) in [6.45, 7) is 9.74. The number of hydrogen-bond acceptors (Lipinski definition) is 2. The summed E-state index contributed by atoms with van der Waals surface area (Å²) in [5.74, 6) is 3.78. The van der Waals surface area contributed by atoms with Gasteiger partial charge in [0.15, 0.2) is 0 Å². The molecule has 5 rings (SSSR count). The summed E-state index contributed by atoms with van der Waals surface area (Å²) in [6.07, 6.45) is 15.8. The van der Waals surface area contributed by atoms with Gasteiger partial charge in [-0.3, -0.25) is 0 Å². The van der Waals surface area contributed by atoms with Crippen molar-refractivity contribution in [3.05, 3.63) is 89.0 Å². The zero-order valence-corrected chi connectivity index (χ0v) is 23.4. The van der Waals surface area contributed by atoms with Gasteiger partial charge in [-0.25, -0.2) is 0 Å². The van der Waals surface area contributed by atoms with E-state index in [0.29, 0.717) is 23.9 Å². The highest BCUT2D eigenvalue weighted by Gasteiger charge is 2.52. The number of benzene rings is 2. The van der Waals surface area contributed by atoms with E-state index >= 15 is 0 Å². The van der Waals surface area contributed by atoms with Crippen LogP contribution in [0.3, 0.4) is 0 Å². The van der Waals surface area contributed by atoms with E-state index in [-0.39, 0.29) is 0 Å². The molecule has 0 unspecified atom stereocenters. The van der Waals surface area contributed by atoms with E-state index in [0.717, 1.165) is 36.8 Å². The number of rotatable bonds is 9. The highest BCUT2D eigenvalue weighted by molar-refractivity contribution is 5.42. The third-order valence-corrected chi connectivity index (χ3v) is 10.3. The molecule has 0 bridgehead atoms. The van der Waals surface area contributed by atoms with Crippen molar-refractivity contribution in [2.24, 2.45) is 23.2 Å². The fraction of sp³-hybridized carbons (Fsp3) is 0.543. The van der Waals surface area contributed by atoms with Crippen LogP contribution in [0.4, 0.5) is 0 Å². The van der Waals surface area contributed by atoms with Crippen molar-refractivity contribution in [1.29, 1.82) is 0 Å². The summed E-state index contributed by atoms with van der Waals surface area (Å²) in [5, 5.41) is 10.6. The van der Waals surface area contributed by atoms with E-state index in [1.807, 2.05) is 0 Å². The van der Waals surface area contributed by atoms with Gasteiger partial charge in [0, 0.05) is 0 Å². The Hall–Kier alpha value is -2.32. The smallest absolute Gasteiger partial charge is 0.120 e. The van der Waals surface area contributed by atoms with Crippen molar-refractivity contribution in [3.8, 4) is 5.75 Å². The lowest BCUT2D eigenvalue weighted by Gasteiger charge is -2.51. The fourth-order valence-corrected chi connectivity index (χ4v) is 7.86. The molecule has 3 aliphatic rings. The average Bonchev–Trinajstić information content (AvgIpc) is 3.29. The summed E-state index contributed by atoms with van der Waals surface area (Å²) in [4.78, 5) is 0. The molecule has 1 fully saturated rings. The lowest BCUT2D eigenvalue weighted by molar-refractivity contribution is 0.0691. The monoisotopic (exact) mass is 498 g/mol. The topological polar surface area (TPSA) is 29.5 Å². The largest absolute Gasteiger partial charge is 0.489 e. The SMILES string of the molecule is CCC(O)(/C=C/C[C@H](C)C1=CC[C@H]2[C@@H]3CCc4cc(OCc5ccccc5)ccc4[C@H]3CC[C@]12C)CC. The van der Waals surface area contributed by atoms with E-state index in [2.05, 4.69) is 94.5 Å². The molecule has 1 saturated carbocycles. The van der Waals surface area contributed by atoms with Crippen LogP contribution in [-0.2, 0) is 13.0 Å². The Balaban J connectivity index is 1.25. The maximum Gasteiger partial charge on any atom is 0.120 e. The Labute approximate surface area is 224 Å². The van der Waals surface area contributed by atoms with Crippen molar-refractivity contribution in [3.63, 3.8) is 0 Å². The number of aliphatic hydroxyl groups is 1. The molecule has 2 aromatic rings. The summed E-state index contributed by atoms with van der Waals surface area (Å²) in [7, 11) is 0. The molecule has 5 atom stereocenters. The van der Waals surface area contributed by atoms with Crippen molar-refractivity contribution in [2.75, 3.05) is 0 Å². The third kappa shape index (κ3) is 5.19. The third-order valence-electron chi connectivity index (χ3n) is 10.3. The molecule has 3 aliphatic carbocycles. The Bertz CT molecular complexity index is 1130. The zero-order chi connectivity index (χ0) is 26.0. The fourth-order valence-electron chi connectivity index (χ4n) is 7.86. The predicted molar refractivity (Wildman–Crippen MR) is 154 cm³/mol. The van der Waals surface area contributed by atoms with E-state index in [9.17, 15) is 5.11 Å². The number of hydrogen-bond donors (Lipinski definition) is 1. The van der Waals surface area contributed by atoms with Crippen LogP contribution in [0.1, 0.15) is 95.2 Å². The van der Waals surface area contributed by atoms with Crippen LogP contribution in [0.15, 0.2) is 72.3 Å². The van der Waals surface area contributed by atoms with Crippen LogP contribution in [-0.4, -0.2) is 10.7 Å². The van der Waals surface area contributed by atoms with E-state index in [1.165, 1.54) is 43.2 Å². The first-order valence-corrected chi connectivity index (χ1v) is 14.8. The van der Waals surface area contributed by atoms with Crippen LogP contribution in [0.5, 0.6) is 5.75 Å². The van der Waals surface area contributed by atoms with E-state index in [4.69, 9.17) is 4.74 Å². The molecule has 0 spiro atoms. The molecule has 0 aromatic heterocycles. The van der Waals surface area contributed by atoms with Gasteiger partial charge < -0.3 is 9.84 Å².